The van der Waals surface area contributed by atoms with E-state index in [-0.39, 0.29) is 0 Å². The maximum Gasteiger partial charge on any atom is 0.150 e. The van der Waals surface area contributed by atoms with E-state index in [4.69, 9.17) is 25.0 Å². The van der Waals surface area contributed by atoms with E-state index in [1.54, 1.807) is 20.4 Å². The molecule has 4 N–H and O–H groups in total. The number of nitrogen functional groups attached to an aromatic ring is 1. The summed E-state index contributed by atoms with van der Waals surface area (Å²) < 4.78 is 9.86. The Hall–Kier alpha value is -3.85. The maximum atomic E-state index is 8.00. The van der Waals surface area contributed by atoms with Gasteiger partial charge in [-0.25, -0.2) is 4.98 Å². The van der Waals surface area contributed by atoms with Crippen LogP contribution < -0.4 is 16.4 Å². The third kappa shape index (κ3) is 9.61. The van der Waals surface area contributed by atoms with Crippen LogP contribution in [0, 0.1) is 0 Å². The maximum absolute atomic E-state index is 8.00. The molecule has 196 valence electrons. The van der Waals surface area contributed by atoms with Crippen molar-refractivity contribution in [2.24, 2.45) is 0 Å². The van der Waals surface area contributed by atoms with Crippen LogP contribution in [-0.2, 0) is 27.2 Å². The molecule has 0 aliphatic carbocycles. The third-order valence-corrected chi connectivity index (χ3v) is 5.45. The van der Waals surface area contributed by atoms with Crippen molar-refractivity contribution in [1.29, 1.82) is 0 Å². The second kappa shape index (κ2) is 16.8. The van der Waals surface area contributed by atoms with Crippen LogP contribution in [0.25, 0.3) is 22.2 Å². The average Bonchev–Trinajstić information content (AvgIpc) is 2.96. The monoisotopic (exact) mass is 503 g/mol. The van der Waals surface area contributed by atoms with Crippen molar-refractivity contribution in [3.8, 4) is 11.3 Å². The lowest BCUT2D eigenvalue weighted by Gasteiger charge is -2.11. The number of benzene rings is 2. The summed E-state index contributed by atoms with van der Waals surface area (Å²) >= 11 is 0. The summed E-state index contributed by atoms with van der Waals surface area (Å²) in [6.07, 6.45) is 2.71. The van der Waals surface area contributed by atoms with E-state index >= 15 is 0 Å². The van der Waals surface area contributed by atoms with E-state index in [0.29, 0.717) is 18.1 Å². The molecule has 0 unspecified atom stereocenters. The zero-order valence-electron chi connectivity index (χ0n) is 21.9. The fourth-order valence-corrected chi connectivity index (χ4v) is 3.46. The van der Waals surface area contributed by atoms with Crippen molar-refractivity contribution in [2.45, 2.75) is 13.0 Å². The molecule has 0 aliphatic heterocycles. The number of hydrogen-bond acceptors (Lipinski definition) is 8. The van der Waals surface area contributed by atoms with Gasteiger partial charge in [-0.1, -0.05) is 36.4 Å². The first-order valence-corrected chi connectivity index (χ1v) is 12.0. The van der Waals surface area contributed by atoms with E-state index < -0.39 is 0 Å². The zero-order chi connectivity index (χ0) is 26.9. The molecule has 0 saturated heterocycles. The van der Waals surface area contributed by atoms with Crippen LogP contribution in [0.1, 0.15) is 11.1 Å². The number of carbonyl (C=O) groups is 1. The Morgan fingerprint density at radius 1 is 0.919 bits per heavy atom. The number of rotatable bonds is 10. The fourth-order valence-electron chi connectivity index (χ4n) is 3.46. The highest BCUT2D eigenvalue weighted by molar-refractivity contribution is 5.79. The highest BCUT2D eigenvalue weighted by Gasteiger charge is 2.06. The fraction of sp³-hybridized carbons (Fsp3) is 0.276. The summed E-state index contributed by atoms with van der Waals surface area (Å²) in [6, 6.07) is 22.5. The smallest absolute Gasteiger partial charge is 0.150 e. The van der Waals surface area contributed by atoms with Crippen molar-refractivity contribution in [2.75, 3.05) is 52.1 Å². The number of hydrogen-bond donors (Lipinski definition) is 3. The largest absolute Gasteiger partial charge is 0.396 e. The van der Waals surface area contributed by atoms with Gasteiger partial charge in [-0.2, -0.15) is 0 Å². The Kier molecular flexibility index (Phi) is 13.3. The van der Waals surface area contributed by atoms with Crippen LogP contribution >= 0.6 is 0 Å². The van der Waals surface area contributed by atoms with Gasteiger partial charge in [-0.3, -0.25) is 4.98 Å². The summed E-state index contributed by atoms with van der Waals surface area (Å²) in [5, 5.41) is 7.43. The highest BCUT2D eigenvalue weighted by Crippen LogP contribution is 2.24. The van der Waals surface area contributed by atoms with Crippen molar-refractivity contribution in [3.05, 3.63) is 84.1 Å². The van der Waals surface area contributed by atoms with Crippen LogP contribution in [0.3, 0.4) is 0 Å². The molecule has 0 bridgehead atoms. The van der Waals surface area contributed by atoms with Gasteiger partial charge in [0, 0.05) is 44.5 Å². The number of anilines is 2. The number of ether oxygens (including phenoxy) is 2. The predicted molar refractivity (Wildman–Crippen MR) is 152 cm³/mol. The second-order valence-corrected chi connectivity index (χ2v) is 8.05. The first-order chi connectivity index (χ1) is 18.1. The van der Waals surface area contributed by atoms with Gasteiger partial charge in [0.05, 0.1) is 30.1 Å². The van der Waals surface area contributed by atoms with Gasteiger partial charge in [0.25, 0.3) is 0 Å². The lowest BCUT2D eigenvalue weighted by atomic mass is 10.1. The van der Waals surface area contributed by atoms with Gasteiger partial charge in [-0.15, -0.1) is 0 Å². The number of carbonyl (C=O) groups excluding carboxylic acids is 1. The Morgan fingerprint density at radius 3 is 2.32 bits per heavy atom. The Labute approximate surface area is 219 Å². The number of nitrogens with two attached hydrogens (primary N) is 1. The number of nitrogens with zero attached hydrogens (tertiary/aromatic N) is 2. The molecule has 4 aromatic rings. The molecule has 8 heteroatoms. The summed E-state index contributed by atoms with van der Waals surface area (Å²) in [6.45, 7) is 5.10. The summed E-state index contributed by atoms with van der Waals surface area (Å²) in [7, 11) is 5.31. The topological polar surface area (TPSA) is 111 Å². The van der Waals surface area contributed by atoms with Crippen LogP contribution in [0.5, 0.6) is 0 Å². The minimum atomic E-state index is 0.632. The molecule has 2 aromatic carbocycles. The van der Waals surface area contributed by atoms with Gasteiger partial charge in [-0.05, 0) is 54.9 Å². The van der Waals surface area contributed by atoms with Gasteiger partial charge in [0.1, 0.15) is 12.6 Å². The van der Waals surface area contributed by atoms with E-state index in [2.05, 4.69) is 58.1 Å². The van der Waals surface area contributed by atoms with Gasteiger partial charge in [0.2, 0.25) is 0 Å². The van der Waals surface area contributed by atoms with Gasteiger partial charge < -0.3 is 30.6 Å². The summed E-state index contributed by atoms with van der Waals surface area (Å²) in [5.41, 5.74) is 12.1. The molecule has 0 aliphatic rings. The molecule has 0 spiro atoms. The Bertz CT molecular complexity index is 1200. The quantitative estimate of drug-likeness (QED) is 0.274. The van der Waals surface area contributed by atoms with Crippen molar-refractivity contribution in [3.63, 3.8) is 0 Å². The number of methoxy groups -OCH3 is 2. The molecule has 0 atom stereocenters. The Balaban J connectivity index is 0.000000531. The first kappa shape index (κ1) is 29.4. The van der Waals surface area contributed by atoms with Crippen molar-refractivity contribution >= 4 is 29.2 Å². The molecule has 2 heterocycles. The molecule has 0 amide bonds. The van der Waals surface area contributed by atoms with Gasteiger partial charge in [0.15, 0.2) is 0 Å². The molecular formula is C29H37N5O3. The van der Waals surface area contributed by atoms with E-state index in [9.17, 15) is 0 Å². The van der Waals surface area contributed by atoms with Crippen LogP contribution in [0.2, 0.25) is 0 Å². The molecule has 0 fully saturated rings. The highest BCUT2D eigenvalue weighted by atomic mass is 16.5. The molecular weight excluding hydrogens is 466 g/mol. The predicted octanol–water partition coefficient (Wildman–Crippen LogP) is 4.35. The molecule has 8 nitrogen and oxygen atoms in total. The molecule has 37 heavy (non-hydrogen) atoms. The normalized spacial score (nSPS) is 10.1. The second-order valence-electron chi connectivity index (χ2n) is 8.05. The number of fused-ring (bicyclic) bond motifs is 1. The SMILES string of the molecule is C=O.CNCCOC.COCCc1ccc(-c2ccc(N)c(NCc3ccc4ncccc4c3)n2)cc1. The summed E-state index contributed by atoms with van der Waals surface area (Å²) in [5.74, 6) is 0.692. The minimum absolute atomic E-state index is 0.632. The van der Waals surface area contributed by atoms with E-state index in [1.807, 2.05) is 38.1 Å². The number of aromatic nitrogens is 2. The number of nitrogens with one attached hydrogen (secondary N) is 2. The molecule has 2 aromatic heterocycles. The molecule has 0 radical (unpaired) electrons. The molecule has 0 saturated carbocycles. The van der Waals surface area contributed by atoms with Crippen molar-refractivity contribution < 1.29 is 14.3 Å². The zero-order valence-corrected chi connectivity index (χ0v) is 21.9. The lowest BCUT2D eigenvalue weighted by Crippen LogP contribution is -2.12. The standard InChI is InChI=1S/C24H24N4O.C4H11NO.CH2O/c1-29-14-12-17-4-7-19(8-5-17)23-11-9-21(25)24(28-23)27-16-18-6-10-22-20(15-18)3-2-13-26-22;1-5-3-4-6-2;1-2/h2-11,13,15H,12,14,16,25H2,1H3,(H,27,28);5H,3-4H2,1-2H3;1H2. The van der Waals surface area contributed by atoms with E-state index in [1.165, 1.54) is 5.56 Å². The van der Waals surface area contributed by atoms with Crippen LogP contribution in [0.15, 0.2) is 72.9 Å². The minimum Gasteiger partial charge on any atom is -0.396 e. The van der Waals surface area contributed by atoms with Crippen LogP contribution in [0.4, 0.5) is 11.5 Å². The van der Waals surface area contributed by atoms with Gasteiger partial charge >= 0.3 is 0 Å². The number of pyridine rings is 2. The third-order valence-electron chi connectivity index (χ3n) is 5.45. The van der Waals surface area contributed by atoms with Crippen LogP contribution in [-0.4, -0.2) is 57.8 Å². The number of likely N-dealkylation sites (N-methyl/N-ethyl adjacent to an activating group) is 1. The lowest BCUT2D eigenvalue weighted by molar-refractivity contribution is -0.0979. The Morgan fingerprint density at radius 2 is 1.65 bits per heavy atom. The average molecular weight is 504 g/mol. The summed E-state index contributed by atoms with van der Waals surface area (Å²) in [4.78, 5) is 17.1. The first-order valence-electron chi connectivity index (χ1n) is 12.0. The molecule has 4 rings (SSSR count). The van der Waals surface area contributed by atoms with Crippen molar-refractivity contribution in [1.82, 2.24) is 15.3 Å². The van der Waals surface area contributed by atoms with E-state index in [0.717, 1.165) is 53.9 Å².